The van der Waals surface area contributed by atoms with Crippen LogP contribution in [0.5, 0.6) is 0 Å². The minimum atomic E-state index is 0.0541. The summed E-state index contributed by atoms with van der Waals surface area (Å²) < 4.78 is 1.09. The zero-order valence-corrected chi connectivity index (χ0v) is 9.63. The van der Waals surface area contributed by atoms with Crippen molar-refractivity contribution in [2.45, 2.75) is 25.7 Å². The van der Waals surface area contributed by atoms with Gasteiger partial charge in [-0.15, -0.1) is 0 Å². The molecular formula is C11H15BrO. The second-order valence-corrected chi connectivity index (χ2v) is 4.78. The Kier molecular flexibility index (Phi) is 3.51. The summed E-state index contributed by atoms with van der Waals surface area (Å²) in [5, 5.41) is 8.92. The number of halogens is 1. The van der Waals surface area contributed by atoms with Crippen LogP contribution in [0.2, 0.25) is 0 Å². The Balaban J connectivity index is 2.93. The summed E-state index contributed by atoms with van der Waals surface area (Å²) >= 11 is 3.44. The van der Waals surface area contributed by atoms with Crippen molar-refractivity contribution in [1.29, 1.82) is 0 Å². The highest BCUT2D eigenvalue weighted by Gasteiger charge is 2.19. The van der Waals surface area contributed by atoms with E-state index in [2.05, 4.69) is 41.9 Å². The van der Waals surface area contributed by atoms with Crippen LogP contribution in [0.4, 0.5) is 0 Å². The molecule has 0 bridgehead atoms. The minimum Gasteiger partial charge on any atom is -0.396 e. The first-order valence-electron chi connectivity index (χ1n) is 4.43. The number of hydrogen-bond acceptors (Lipinski definition) is 1. The second-order valence-electron chi connectivity index (χ2n) is 3.87. The van der Waals surface area contributed by atoms with Crippen LogP contribution in [0.3, 0.4) is 0 Å². The summed E-state index contributed by atoms with van der Waals surface area (Å²) in [6.07, 6.45) is 0.795. The molecule has 1 aromatic rings. The highest BCUT2D eigenvalue weighted by molar-refractivity contribution is 9.10. The molecule has 0 saturated heterocycles. The van der Waals surface area contributed by atoms with Gasteiger partial charge in [0.05, 0.1) is 0 Å². The van der Waals surface area contributed by atoms with Crippen LogP contribution >= 0.6 is 15.9 Å². The van der Waals surface area contributed by atoms with Crippen molar-refractivity contribution in [3.05, 3.63) is 34.3 Å². The molecule has 1 N–H and O–H groups in total. The van der Waals surface area contributed by atoms with Gasteiger partial charge >= 0.3 is 0 Å². The second kappa shape index (κ2) is 4.25. The molecule has 13 heavy (non-hydrogen) atoms. The van der Waals surface area contributed by atoms with Crippen molar-refractivity contribution in [3.63, 3.8) is 0 Å². The van der Waals surface area contributed by atoms with E-state index in [4.69, 9.17) is 5.11 Å². The Morgan fingerprint density at radius 1 is 1.38 bits per heavy atom. The van der Waals surface area contributed by atoms with Crippen LogP contribution in [0.1, 0.15) is 25.8 Å². The van der Waals surface area contributed by atoms with Crippen LogP contribution in [0.15, 0.2) is 28.7 Å². The number of rotatable bonds is 3. The average Bonchev–Trinajstić information content (AvgIpc) is 2.04. The summed E-state index contributed by atoms with van der Waals surface area (Å²) in [4.78, 5) is 0. The van der Waals surface area contributed by atoms with E-state index in [0.717, 1.165) is 10.9 Å². The molecule has 0 fully saturated rings. The molecule has 1 aromatic carbocycles. The molecule has 0 amide bonds. The Morgan fingerprint density at radius 3 is 2.62 bits per heavy atom. The molecule has 0 unspecified atom stereocenters. The van der Waals surface area contributed by atoms with Crippen molar-refractivity contribution in [3.8, 4) is 0 Å². The molecule has 0 heterocycles. The van der Waals surface area contributed by atoms with Crippen molar-refractivity contribution >= 4 is 15.9 Å². The van der Waals surface area contributed by atoms with E-state index in [0.29, 0.717) is 0 Å². The zero-order chi connectivity index (χ0) is 9.90. The van der Waals surface area contributed by atoms with Crippen molar-refractivity contribution < 1.29 is 5.11 Å². The summed E-state index contributed by atoms with van der Waals surface area (Å²) in [6, 6.07) is 8.24. The fourth-order valence-corrected chi connectivity index (χ4v) is 1.73. The fourth-order valence-electron chi connectivity index (χ4n) is 1.33. The molecule has 1 nitrogen and oxygen atoms in total. The predicted molar refractivity (Wildman–Crippen MR) is 58.9 cm³/mol. The average molecular weight is 243 g/mol. The smallest absolute Gasteiger partial charge is 0.0439 e. The van der Waals surface area contributed by atoms with Gasteiger partial charge in [0.2, 0.25) is 0 Å². The Labute approximate surface area is 87.9 Å². The molecule has 0 atom stereocenters. The Bertz CT molecular complexity index is 281. The lowest BCUT2D eigenvalue weighted by molar-refractivity contribution is 0.252. The highest BCUT2D eigenvalue weighted by atomic mass is 79.9. The van der Waals surface area contributed by atoms with Crippen LogP contribution in [0.25, 0.3) is 0 Å². The molecule has 1 rings (SSSR count). The maximum Gasteiger partial charge on any atom is 0.0439 e. The first-order chi connectivity index (χ1) is 6.06. The van der Waals surface area contributed by atoms with Gasteiger partial charge in [-0.1, -0.05) is 41.9 Å². The molecule has 0 saturated carbocycles. The van der Waals surface area contributed by atoms with Gasteiger partial charge < -0.3 is 5.11 Å². The standard InChI is InChI=1S/C11H15BrO/c1-11(2,6-7-13)9-4-3-5-10(12)8-9/h3-5,8,13H,6-7H2,1-2H3. The van der Waals surface area contributed by atoms with Gasteiger partial charge in [0, 0.05) is 11.1 Å². The third-order valence-electron chi connectivity index (χ3n) is 2.34. The van der Waals surface area contributed by atoms with Crippen LogP contribution in [0, 0.1) is 0 Å². The lowest BCUT2D eigenvalue weighted by Crippen LogP contribution is -2.18. The van der Waals surface area contributed by atoms with Gasteiger partial charge in [-0.25, -0.2) is 0 Å². The van der Waals surface area contributed by atoms with Crippen LogP contribution in [-0.2, 0) is 5.41 Å². The van der Waals surface area contributed by atoms with E-state index in [-0.39, 0.29) is 12.0 Å². The van der Waals surface area contributed by atoms with E-state index in [1.807, 2.05) is 12.1 Å². The van der Waals surface area contributed by atoms with Crippen LogP contribution in [-0.4, -0.2) is 11.7 Å². The van der Waals surface area contributed by atoms with Gasteiger partial charge in [0.25, 0.3) is 0 Å². The molecule has 0 radical (unpaired) electrons. The van der Waals surface area contributed by atoms with Gasteiger partial charge in [0.1, 0.15) is 0 Å². The molecule has 0 aliphatic carbocycles. The number of hydrogen-bond donors (Lipinski definition) is 1. The zero-order valence-electron chi connectivity index (χ0n) is 8.05. The van der Waals surface area contributed by atoms with Gasteiger partial charge in [-0.2, -0.15) is 0 Å². The molecule has 0 aliphatic rings. The molecular weight excluding hydrogens is 228 g/mol. The number of aliphatic hydroxyl groups excluding tert-OH is 1. The topological polar surface area (TPSA) is 20.2 Å². The monoisotopic (exact) mass is 242 g/mol. The summed E-state index contributed by atoms with van der Waals surface area (Å²) in [6.45, 7) is 4.52. The summed E-state index contributed by atoms with van der Waals surface area (Å²) in [5.41, 5.74) is 1.31. The van der Waals surface area contributed by atoms with E-state index >= 15 is 0 Å². The minimum absolute atomic E-state index is 0.0541. The van der Waals surface area contributed by atoms with E-state index < -0.39 is 0 Å². The van der Waals surface area contributed by atoms with Crippen molar-refractivity contribution in [2.24, 2.45) is 0 Å². The number of aliphatic hydroxyl groups is 1. The third-order valence-corrected chi connectivity index (χ3v) is 2.84. The largest absolute Gasteiger partial charge is 0.396 e. The highest BCUT2D eigenvalue weighted by Crippen LogP contribution is 2.28. The first kappa shape index (κ1) is 10.7. The summed E-state index contributed by atoms with van der Waals surface area (Å²) in [5.74, 6) is 0. The van der Waals surface area contributed by atoms with Gasteiger partial charge in [-0.05, 0) is 29.5 Å². The van der Waals surface area contributed by atoms with Gasteiger partial charge in [-0.3, -0.25) is 0 Å². The Hall–Kier alpha value is -0.340. The predicted octanol–water partition coefficient (Wildman–Crippen LogP) is 3.11. The first-order valence-corrected chi connectivity index (χ1v) is 5.22. The van der Waals surface area contributed by atoms with E-state index in [1.54, 1.807) is 0 Å². The SMILES string of the molecule is CC(C)(CCO)c1cccc(Br)c1. The summed E-state index contributed by atoms with van der Waals surface area (Å²) in [7, 11) is 0. The lowest BCUT2D eigenvalue weighted by atomic mass is 9.82. The fraction of sp³-hybridized carbons (Fsp3) is 0.455. The van der Waals surface area contributed by atoms with Crippen LogP contribution < -0.4 is 0 Å². The molecule has 0 spiro atoms. The quantitative estimate of drug-likeness (QED) is 0.864. The molecule has 0 aliphatic heterocycles. The number of benzene rings is 1. The third kappa shape index (κ3) is 2.82. The van der Waals surface area contributed by atoms with E-state index in [1.165, 1.54) is 5.56 Å². The Morgan fingerprint density at radius 2 is 2.08 bits per heavy atom. The normalized spacial score (nSPS) is 11.7. The molecule has 72 valence electrons. The van der Waals surface area contributed by atoms with E-state index in [9.17, 15) is 0 Å². The maximum absolute atomic E-state index is 8.92. The molecule has 0 aromatic heterocycles. The van der Waals surface area contributed by atoms with Crippen molar-refractivity contribution in [2.75, 3.05) is 6.61 Å². The van der Waals surface area contributed by atoms with Gasteiger partial charge in [0.15, 0.2) is 0 Å². The van der Waals surface area contributed by atoms with Crippen molar-refractivity contribution in [1.82, 2.24) is 0 Å². The maximum atomic E-state index is 8.92. The molecule has 2 heteroatoms. The lowest BCUT2D eigenvalue weighted by Gasteiger charge is -2.24.